The molecule has 0 unspecified atom stereocenters. The van der Waals surface area contributed by atoms with E-state index in [0.717, 1.165) is 9.80 Å². The van der Waals surface area contributed by atoms with E-state index in [0.29, 0.717) is 22.3 Å². The zero-order chi connectivity index (χ0) is 26.9. The molecule has 2 aliphatic carbocycles. The van der Waals surface area contributed by atoms with Crippen LogP contribution in [0.3, 0.4) is 0 Å². The number of likely N-dealkylation sites (tertiary alicyclic amines) is 2. The van der Waals surface area contributed by atoms with E-state index in [9.17, 15) is 35.9 Å². The quantitative estimate of drug-likeness (QED) is 0.372. The molecular formula is C28H20F6N2O2. The third kappa shape index (κ3) is 2.45. The van der Waals surface area contributed by atoms with Gasteiger partial charge in [-0.3, -0.25) is 9.59 Å². The number of hydrogen-bond acceptors (Lipinski definition) is 2. The lowest BCUT2D eigenvalue weighted by Gasteiger charge is -2.59. The van der Waals surface area contributed by atoms with Gasteiger partial charge in [-0.25, -0.2) is 0 Å². The zero-order valence-electron chi connectivity index (χ0n) is 19.7. The Morgan fingerprint density at radius 1 is 0.553 bits per heavy atom. The second kappa shape index (κ2) is 6.71. The van der Waals surface area contributed by atoms with Gasteiger partial charge < -0.3 is 9.80 Å². The summed E-state index contributed by atoms with van der Waals surface area (Å²) in [5.74, 6) is -3.85. The van der Waals surface area contributed by atoms with Gasteiger partial charge in [0.25, 0.3) is 0 Å². The average molecular weight is 530 g/mol. The molecule has 0 atom stereocenters. The first kappa shape index (κ1) is 23.5. The van der Waals surface area contributed by atoms with Crippen LogP contribution in [0.2, 0.25) is 0 Å². The molecule has 0 saturated carbocycles. The van der Waals surface area contributed by atoms with Crippen LogP contribution < -0.4 is 0 Å². The van der Waals surface area contributed by atoms with Gasteiger partial charge in [-0.05, 0) is 22.3 Å². The molecule has 2 aliphatic heterocycles. The highest BCUT2D eigenvalue weighted by Crippen LogP contribution is 2.70. The van der Waals surface area contributed by atoms with Crippen molar-refractivity contribution in [2.75, 3.05) is 26.2 Å². The largest absolute Gasteiger partial charge is 0.471 e. The minimum atomic E-state index is -5.06. The summed E-state index contributed by atoms with van der Waals surface area (Å²) >= 11 is 0. The Morgan fingerprint density at radius 3 is 1.11 bits per heavy atom. The maximum Gasteiger partial charge on any atom is 0.471 e. The number of amides is 2. The van der Waals surface area contributed by atoms with Crippen LogP contribution in [0.1, 0.15) is 22.3 Å². The van der Waals surface area contributed by atoms with Gasteiger partial charge in [0.05, 0.1) is 10.8 Å². The van der Waals surface area contributed by atoms with Crippen molar-refractivity contribution in [2.45, 2.75) is 23.2 Å². The summed E-state index contributed by atoms with van der Waals surface area (Å²) in [5, 5.41) is 0. The first-order chi connectivity index (χ1) is 17.8. The molecule has 2 saturated heterocycles. The normalized spacial score (nSPS) is 33.9. The fourth-order valence-electron chi connectivity index (χ4n) is 8.10. The van der Waals surface area contributed by atoms with Crippen molar-refractivity contribution >= 4 is 11.8 Å². The molecule has 2 heterocycles. The number of carbonyl (C=O) groups excluding carboxylic acids is 2. The molecular weight excluding hydrogens is 510 g/mol. The van der Waals surface area contributed by atoms with Gasteiger partial charge in [0.2, 0.25) is 0 Å². The van der Waals surface area contributed by atoms with Crippen molar-refractivity contribution in [1.29, 1.82) is 0 Å². The molecule has 0 aromatic heterocycles. The molecule has 2 aromatic rings. The van der Waals surface area contributed by atoms with Crippen molar-refractivity contribution in [3.05, 3.63) is 95.1 Å². The van der Waals surface area contributed by atoms with Crippen molar-refractivity contribution < 1.29 is 35.9 Å². The second-order valence-corrected chi connectivity index (χ2v) is 11.0. The van der Waals surface area contributed by atoms with Crippen LogP contribution in [-0.2, 0) is 20.4 Å². The summed E-state index contributed by atoms with van der Waals surface area (Å²) in [5.41, 5.74) is -1.64. The van der Waals surface area contributed by atoms with Crippen LogP contribution >= 0.6 is 0 Å². The van der Waals surface area contributed by atoms with E-state index in [1.54, 1.807) is 72.8 Å². The molecule has 0 radical (unpaired) electrons. The number of rotatable bonds is 0. The van der Waals surface area contributed by atoms with Gasteiger partial charge in [0.1, 0.15) is 0 Å². The number of nitrogens with zero attached hydrogens (tertiary/aromatic N) is 2. The topological polar surface area (TPSA) is 40.6 Å². The lowest BCUT2D eigenvalue weighted by molar-refractivity contribution is -0.184. The van der Waals surface area contributed by atoms with Crippen LogP contribution in [0.25, 0.3) is 0 Å². The lowest BCUT2D eigenvalue weighted by atomic mass is 9.41. The van der Waals surface area contributed by atoms with Gasteiger partial charge in [-0.15, -0.1) is 0 Å². The van der Waals surface area contributed by atoms with Crippen LogP contribution in [0, 0.1) is 10.8 Å². The fourth-order valence-corrected chi connectivity index (χ4v) is 8.10. The summed E-state index contributed by atoms with van der Waals surface area (Å²) < 4.78 is 81.9. The smallest absolute Gasteiger partial charge is 0.332 e. The highest BCUT2D eigenvalue weighted by Gasteiger charge is 2.72. The number of fused-ring (bicyclic) bond motifs is 8. The third-order valence-corrected chi connectivity index (χ3v) is 9.46. The second-order valence-electron chi connectivity index (χ2n) is 11.0. The molecule has 0 N–H and O–H groups in total. The van der Waals surface area contributed by atoms with Gasteiger partial charge in [0.15, 0.2) is 0 Å². The lowest BCUT2D eigenvalue weighted by Crippen LogP contribution is -2.59. The molecule has 2 aromatic carbocycles. The molecule has 38 heavy (non-hydrogen) atoms. The summed E-state index contributed by atoms with van der Waals surface area (Å²) in [6.45, 7) is -0.977. The van der Waals surface area contributed by atoms with Gasteiger partial charge in [0, 0.05) is 37.0 Å². The Hall–Kier alpha value is -3.56. The number of hydrogen-bond donors (Lipinski definition) is 0. The minimum Gasteiger partial charge on any atom is -0.332 e. The van der Waals surface area contributed by atoms with Gasteiger partial charge in [-0.1, -0.05) is 72.8 Å². The first-order valence-electron chi connectivity index (χ1n) is 12.1. The van der Waals surface area contributed by atoms with Gasteiger partial charge in [-0.2, -0.15) is 26.3 Å². The Morgan fingerprint density at radius 2 is 0.842 bits per heavy atom. The zero-order valence-corrected chi connectivity index (χ0v) is 19.7. The molecule has 6 rings (SSSR count). The SMILES string of the molecule is O=C(N1CC23C=CC4(C=C2)CN(C(=O)C(F)(F)F)CC42c4ccccc4C3(C1)c1ccccc12)C(F)(F)F. The number of carbonyl (C=O) groups is 2. The highest BCUT2D eigenvalue weighted by atomic mass is 19.4. The molecule has 4 spiro atoms. The summed E-state index contributed by atoms with van der Waals surface area (Å²) in [7, 11) is 0. The van der Waals surface area contributed by atoms with Crippen LogP contribution in [0.4, 0.5) is 26.3 Å². The van der Waals surface area contributed by atoms with E-state index in [1.165, 1.54) is 0 Å². The number of alkyl halides is 6. The Labute approximate surface area is 213 Å². The first-order valence-corrected chi connectivity index (χ1v) is 12.1. The number of benzene rings is 2. The van der Waals surface area contributed by atoms with Crippen LogP contribution in [-0.4, -0.2) is 60.1 Å². The number of halogens is 6. The van der Waals surface area contributed by atoms with Crippen molar-refractivity contribution in [3.63, 3.8) is 0 Å². The van der Waals surface area contributed by atoms with E-state index < -0.39 is 45.8 Å². The fraction of sp³-hybridized carbons (Fsp3) is 0.357. The molecule has 2 fully saturated rings. The van der Waals surface area contributed by atoms with E-state index in [1.807, 2.05) is 0 Å². The summed E-state index contributed by atoms with van der Waals surface area (Å²) in [4.78, 5) is 26.8. The highest BCUT2D eigenvalue weighted by molar-refractivity contribution is 5.85. The molecule has 196 valence electrons. The van der Waals surface area contributed by atoms with E-state index in [2.05, 4.69) is 0 Å². The predicted molar refractivity (Wildman–Crippen MR) is 123 cm³/mol. The van der Waals surface area contributed by atoms with Crippen molar-refractivity contribution in [1.82, 2.24) is 9.80 Å². The third-order valence-electron chi connectivity index (χ3n) is 9.46. The Bertz CT molecular complexity index is 1320. The standard InChI is InChI=1S/C28H20F6N2O2/c29-27(30,31)21(37)35-13-23-9-11-24(12-10-23)14-36(22(38)28(32,33)34)16-26(24)18-6-2-1-5-17(18)25(23,15-35)19-7-3-4-8-20(19)26/h1-12H,13-16H2. The maximum absolute atomic E-state index is 13.7. The molecule has 0 bridgehead atoms. The molecule has 4 aliphatic rings. The average Bonchev–Trinajstić information content (AvgIpc) is 3.35. The maximum atomic E-state index is 13.7. The van der Waals surface area contributed by atoms with Crippen LogP contribution in [0.15, 0.2) is 72.8 Å². The monoisotopic (exact) mass is 530 g/mol. The molecule has 10 heteroatoms. The van der Waals surface area contributed by atoms with Crippen molar-refractivity contribution in [2.24, 2.45) is 10.8 Å². The molecule has 2 amide bonds. The Balaban J connectivity index is 1.56. The summed E-state index contributed by atoms with van der Waals surface area (Å²) in [6.07, 6.45) is -3.00. The van der Waals surface area contributed by atoms with E-state index in [-0.39, 0.29) is 26.2 Å². The molecule has 4 nitrogen and oxygen atoms in total. The van der Waals surface area contributed by atoms with Crippen LogP contribution in [0.5, 0.6) is 0 Å². The van der Waals surface area contributed by atoms with Gasteiger partial charge >= 0.3 is 24.2 Å². The van der Waals surface area contributed by atoms with Crippen molar-refractivity contribution in [3.8, 4) is 0 Å². The predicted octanol–water partition coefficient (Wildman–Crippen LogP) is 4.49. The minimum absolute atomic E-state index is 0.241. The van der Waals surface area contributed by atoms with E-state index in [4.69, 9.17) is 0 Å². The summed E-state index contributed by atoms with van der Waals surface area (Å²) in [6, 6.07) is 14.3. The Kier molecular flexibility index (Phi) is 4.16. The van der Waals surface area contributed by atoms with E-state index >= 15 is 0 Å².